The van der Waals surface area contributed by atoms with Gasteiger partial charge in [-0.15, -0.1) is 0 Å². The number of amides is 1. The predicted octanol–water partition coefficient (Wildman–Crippen LogP) is 2.85. The highest BCUT2D eigenvalue weighted by Gasteiger charge is 2.38. The minimum atomic E-state index is -4.40. The third kappa shape index (κ3) is 5.62. The van der Waals surface area contributed by atoms with Crippen LogP contribution in [0.4, 0.5) is 18.9 Å². The lowest BCUT2D eigenvalue weighted by Gasteiger charge is -2.42. The first-order valence-corrected chi connectivity index (χ1v) is 9.55. The number of aliphatic hydroxyl groups is 1. The molecule has 162 valence electrons. The quantitative estimate of drug-likeness (QED) is 0.746. The number of alkyl halides is 3. The van der Waals surface area contributed by atoms with Gasteiger partial charge in [-0.1, -0.05) is 13.8 Å². The molecule has 1 saturated heterocycles. The summed E-state index contributed by atoms with van der Waals surface area (Å²) in [5.41, 5.74) is -0.0939. The smallest absolute Gasteiger partial charge is 0.416 e. The average Bonchev–Trinajstić information content (AvgIpc) is 2.64. The van der Waals surface area contributed by atoms with Crippen molar-refractivity contribution in [3.63, 3.8) is 0 Å². The normalized spacial score (nSPS) is 19.9. The molecule has 1 aliphatic heterocycles. The van der Waals surface area contributed by atoms with Crippen LogP contribution in [-0.2, 0) is 15.8 Å². The van der Waals surface area contributed by atoms with Crippen molar-refractivity contribution in [3.8, 4) is 0 Å². The van der Waals surface area contributed by atoms with E-state index in [-0.39, 0.29) is 18.4 Å². The monoisotopic (exact) mass is 416 g/mol. The first-order valence-electron chi connectivity index (χ1n) is 9.55. The van der Waals surface area contributed by atoms with Crippen molar-refractivity contribution in [2.24, 2.45) is 11.8 Å². The lowest BCUT2D eigenvalue weighted by Crippen LogP contribution is -2.57. The van der Waals surface area contributed by atoms with Crippen LogP contribution in [0.3, 0.4) is 0 Å². The van der Waals surface area contributed by atoms with Crippen LogP contribution in [0.5, 0.6) is 0 Å². The number of piperazine rings is 1. The predicted molar refractivity (Wildman–Crippen MR) is 101 cm³/mol. The van der Waals surface area contributed by atoms with Crippen LogP contribution >= 0.6 is 0 Å². The summed E-state index contributed by atoms with van der Waals surface area (Å²) in [6.07, 6.45) is -5.92. The fourth-order valence-corrected chi connectivity index (χ4v) is 3.64. The first kappa shape index (κ1) is 23.0. The van der Waals surface area contributed by atoms with Crippen molar-refractivity contribution >= 4 is 17.6 Å². The van der Waals surface area contributed by atoms with E-state index in [0.29, 0.717) is 25.3 Å². The van der Waals surface area contributed by atoms with E-state index in [2.05, 4.69) is 0 Å². The Bertz CT molecular complexity index is 721. The zero-order chi connectivity index (χ0) is 21.9. The van der Waals surface area contributed by atoms with Crippen LogP contribution in [0.2, 0.25) is 0 Å². The number of nitrogens with zero attached hydrogens (tertiary/aromatic N) is 2. The van der Waals surface area contributed by atoms with Gasteiger partial charge in [0.05, 0.1) is 11.5 Å². The van der Waals surface area contributed by atoms with Crippen LogP contribution in [0, 0.1) is 11.8 Å². The van der Waals surface area contributed by atoms with Gasteiger partial charge in [-0.2, -0.15) is 13.2 Å². The summed E-state index contributed by atoms with van der Waals surface area (Å²) in [5.74, 6) is -2.84. The van der Waals surface area contributed by atoms with E-state index in [1.807, 2.05) is 18.7 Å². The number of carboxylic acids is 1. The van der Waals surface area contributed by atoms with Crippen molar-refractivity contribution in [1.82, 2.24) is 4.90 Å². The van der Waals surface area contributed by atoms with Crippen LogP contribution in [-0.4, -0.2) is 58.8 Å². The van der Waals surface area contributed by atoms with Crippen LogP contribution in [0.1, 0.15) is 32.8 Å². The number of aliphatic carboxylic acids is 1. The summed E-state index contributed by atoms with van der Waals surface area (Å²) in [5, 5.41) is 19.1. The van der Waals surface area contributed by atoms with Gasteiger partial charge in [-0.25, -0.2) is 4.79 Å². The van der Waals surface area contributed by atoms with Crippen molar-refractivity contribution in [1.29, 1.82) is 0 Å². The zero-order valence-electron chi connectivity index (χ0n) is 16.7. The molecule has 1 fully saturated rings. The number of carbonyl (C=O) groups is 2. The average molecular weight is 416 g/mol. The number of carbonyl (C=O) groups excluding carboxylic acids is 1. The van der Waals surface area contributed by atoms with Crippen molar-refractivity contribution in [2.45, 2.75) is 45.5 Å². The maximum absolute atomic E-state index is 12.9. The van der Waals surface area contributed by atoms with Gasteiger partial charge >= 0.3 is 12.1 Å². The van der Waals surface area contributed by atoms with E-state index in [1.165, 1.54) is 12.1 Å². The number of halogens is 3. The van der Waals surface area contributed by atoms with Crippen LogP contribution < -0.4 is 4.90 Å². The second-order valence-corrected chi connectivity index (χ2v) is 7.89. The fraction of sp³-hybridized carbons (Fsp3) is 0.600. The molecule has 2 N–H and O–H groups in total. The molecule has 1 aromatic rings. The summed E-state index contributed by atoms with van der Waals surface area (Å²) >= 11 is 0. The molecule has 2 rings (SSSR count). The van der Waals surface area contributed by atoms with E-state index < -0.39 is 35.6 Å². The molecule has 6 nitrogen and oxygen atoms in total. The molecule has 0 radical (unpaired) electrons. The number of carboxylic acid groups (broad SMARTS) is 1. The van der Waals surface area contributed by atoms with E-state index in [9.17, 15) is 27.9 Å². The standard InChI is InChI=1S/C20H27F3N2O4/c1-12(2)10-16(17(26)19(28)29)18(27)25-9-8-24(11-13(25)3)15-6-4-14(5-7-15)20(21,22)23/h4-7,12-13,16-17,26H,8-11H2,1-3H3,(H,28,29)/t13-,16+,17+/m1/s1. The first-order chi connectivity index (χ1) is 13.4. The van der Waals surface area contributed by atoms with Crippen LogP contribution in [0.15, 0.2) is 24.3 Å². The SMILES string of the molecule is CC(C)C[C@H](C(=O)N1CCN(c2ccc(C(F)(F)F)cc2)C[C@H]1C)[C@H](O)C(=O)O. The molecule has 1 aromatic carbocycles. The Labute approximate surface area is 167 Å². The second-order valence-electron chi connectivity index (χ2n) is 7.89. The summed E-state index contributed by atoms with van der Waals surface area (Å²) in [6, 6.07) is 4.58. The maximum Gasteiger partial charge on any atom is 0.416 e. The molecule has 0 saturated carbocycles. The molecule has 0 aromatic heterocycles. The molecule has 9 heteroatoms. The van der Waals surface area contributed by atoms with Gasteiger partial charge in [0.25, 0.3) is 0 Å². The van der Waals surface area contributed by atoms with E-state index in [4.69, 9.17) is 5.11 Å². The number of anilines is 1. The molecule has 1 aliphatic rings. The zero-order valence-corrected chi connectivity index (χ0v) is 16.7. The van der Waals surface area contributed by atoms with Gasteiger partial charge < -0.3 is 20.0 Å². The van der Waals surface area contributed by atoms with Crippen molar-refractivity contribution in [2.75, 3.05) is 24.5 Å². The van der Waals surface area contributed by atoms with Gasteiger partial charge in [0.15, 0.2) is 6.10 Å². The molecule has 0 bridgehead atoms. The Kier molecular flexibility index (Phi) is 7.15. The molecule has 0 aliphatic carbocycles. The number of aliphatic hydroxyl groups excluding tert-OH is 1. The number of rotatable bonds is 6. The lowest BCUT2D eigenvalue weighted by molar-refractivity contribution is -0.158. The van der Waals surface area contributed by atoms with Gasteiger partial charge in [0, 0.05) is 31.4 Å². The molecule has 1 heterocycles. The number of hydrogen-bond acceptors (Lipinski definition) is 4. The highest BCUT2D eigenvalue weighted by atomic mass is 19.4. The summed E-state index contributed by atoms with van der Waals surface area (Å²) < 4.78 is 38.2. The topological polar surface area (TPSA) is 81.1 Å². The molecule has 1 amide bonds. The Hall–Kier alpha value is -2.29. The van der Waals surface area contributed by atoms with Gasteiger partial charge in [-0.3, -0.25) is 4.79 Å². The Morgan fingerprint density at radius 1 is 1.17 bits per heavy atom. The second kappa shape index (κ2) is 9.02. The molecule has 0 unspecified atom stereocenters. The van der Waals surface area contributed by atoms with Gasteiger partial charge in [0.2, 0.25) is 5.91 Å². The summed E-state index contributed by atoms with van der Waals surface area (Å²) in [6.45, 7) is 6.59. The lowest BCUT2D eigenvalue weighted by atomic mass is 9.90. The number of hydrogen-bond donors (Lipinski definition) is 2. The van der Waals surface area contributed by atoms with Crippen LogP contribution in [0.25, 0.3) is 0 Å². The minimum absolute atomic E-state index is 0.0293. The van der Waals surface area contributed by atoms with Crippen molar-refractivity contribution in [3.05, 3.63) is 29.8 Å². The fourth-order valence-electron chi connectivity index (χ4n) is 3.64. The third-order valence-electron chi connectivity index (χ3n) is 5.15. The molecule has 3 atom stereocenters. The molecular weight excluding hydrogens is 389 g/mol. The number of benzene rings is 1. The Morgan fingerprint density at radius 3 is 2.21 bits per heavy atom. The summed E-state index contributed by atoms with van der Waals surface area (Å²) in [7, 11) is 0. The largest absolute Gasteiger partial charge is 0.479 e. The van der Waals surface area contributed by atoms with Gasteiger partial charge in [-0.05, 0) is 43.5 Å². The highest BCUT2D eigenvalue weighted by molar-refractivity contribution is 5.86. The molecular formula is C20H27F3N2O4. The maximum atomic E-state index is 12.9. The van der Waals surface area contributed by atoms with E-state index in [0.717, 1.165) is 12.1 Å². The van der Waals surface area contributed by atoms with Crippen molar-refractivity contribution < 1.29 is 33.0 Å². The third-order valence-corrected chi connectivity index (χ3v) is 5.15. The molecule has 0 spiro atoms. The van der Waals surface area contributed by atoms with Gasteiger partial charge in [0.1, 0.15) is 0 Å². The Balaban J connectivity index is 2.10. The summed E-state index contributed by atoms with van der Waals surface area (Å²) in [4.78, 5) is 27.6. The van der Waals surface area contributed by atoms with E-state index >= 15 is 0 Å². The van der Waals surface area contributed by atoms with E-state index in [1.54, 1.807) is 11.8 Å². The molecule has 29 heavy (non-hydrogen) atoms. The Morgan fingerprint density at radius 2 is 1.76 bits per heavy atom. The highest BCUT2D eigenvalue weighted by Crippen LogP contribution is 2.31. The minimum Gasteiger partial charge on any atom is -0.479 e.